The lowest BCUT2D eigenvalue weighted by Crippen LogP contribution is -2.47. The van der Waals surface area contributed by atoms with Gasteiger partial charge in [-0.15, -0.1) is 0 Å². The molecule has 1 heterocycles. The summed E-state index contributed by atoms with van der Waals surface area (Å²) in [6.07, 6.45) is 9.38. The Balaban J connectivity index is 1.78. The second kappa shape index (κ2) is 11.8. The van der Waals surface area contributed by atoms with Gasteiger partial charge >= 0.3 is 0 Å². The molecule has 0 bridgehead atoms. The van der Waals surface area contributed by atoms with Gasteiger partial charge in [-0.25, -0.2) is 4.98 Å². The number of hydrogen-bond acceptors (Lipinski definition) is 5. The number of benzene rings is 2. The van der Waals surface area contributed by atoms with E-state index in [1.165, 1.54) is 30.4 Å². The Labute approximate surface area is 215 Å². The lowest BCUT2D eigenvalue weighted by atomic mass is 9.94. The Morgan fingerprint density at radius 1 is 0.972 bits per heavy atom. The second-order valence-corrected chi connectivity index (χ2v) is 9.23. The van der Waals surface area contributed by atoms with Gasteiger partial charge in [0, 0.05) is 41.8 Å². The van der Waals surface area contributed by atoms with E-state index in [4.69, 9.17) is 11.6 Å². The number of carbonyl (C=O) groups excluding carboxylic acids is 3. The number of hydrogen-bond donors (Lipinski definition) is 2. The molecule has 1 aliphatic rings. The van der Waals surface area contributed by atoms with Crippen LogP contribution < -0.4 is 15.5 Å². The normalized spacial score (nSPS) is 14.5. The van der Waals surface area contributed by atoms with E-state index in [2.05, 4.69) is 20.6 Å². The van der Waals surface area contributed by atoms with Crippen molar-refractivity contribution >= 4 is 40.7 Å². The quantitative estimate of drug-likeness (QED) is 0.474. The van der Waals surface area contributed by atoms with Crippen LogP contribution in [0.2, 0.25) is 5.02 Å². The van der Waals surface area contributed by atoms with Crippen LogP contribution in [-0.4, -0.2) is 33.7 Å². The lowest BCUT2D eigenvalue weighted by Gasteiger charge is -2.33. The molecule has 1 fully saturated rings. The third-order valence-corrected chi connectivity index (χ3v) is 6.36. The highest BCUT2D eigenvalue weighted by Crippen LogP contribution is 2.32. The van der Waals surface area contributed by atoms with Crippen LogP contribution in [0.25, 0.3) is 0 Å². The van der Waals surface area contributed by atoms with E-state index in [1.54, 1.807) is 48.5 Å². The first kappa shape index (κ1) is 25.3. The van der Waals surface area contributed by atoms with E-state index in [0.717, 1.165) is 32.1 Å². The third kappa shape index (κ3) is 6.26. The van der Waals surface area contributed by atoms with E-state index < -0.39 is 11.9 Å². The average molecular weight is 506 g/mol. The molecule has 2 N–H and O–H groups in total. The molecule has 1 unspecified atom stereocenters. The zero-order chi connectivity index (χ0) is 25.5. The summed E-state index contributed by atoms with van der Waals surface area (Å²) in [5.74, 6) is -0.970. The van der Waals surface area contributed by atoms with Crippen molar-refractivity contribution in [2.75, 3.05) is 10.2 Å². The van der Waals surface area contributed by atoms with Gasteiger partial charge in [-0.3, -0.25) is 24.3 Å². The fraction of sp³-hybridized carbons (Fsp3) is 0.296. The van der Waals surface area contributed by atoms with Gasteiger partial charge in [0.25, 0.3) is 5.91 Å². The van der Waals surface area contributed by atoms with Gasteiger partial charge in [-0.2, -0.15) is 0 Å². The summed E-state index contributed by atoms with van der Waals surface area (Å²) in [4.78, 5) is 48.8. The number of nitrogens with zero attached hydrogens (tertiary/aromatic N) is 3. The maximum atomic E-state index is 13.8. The van der Waals surface area contributed by atoms with Crippen molar-refractivity contribution in [3.05, 3.63) is 83.4 Å². The number of halogens is 1. The fourth-order valence-electron chi connectivity index (χ4n) is 4.41. The number of amides is 3. The minimum Gasteiger partial charge on any atom is -0.351 e. The summed E-state index contributed by atoms with van der Waals surface area (Å²) in [6, 6.07) is 12.7. The van der Waals surface area contributed by atoms with Gasteiger partial charge in [0.15, 0.2) is 0 Å². The van der Waals surface area contributed by atoms with E-state index >= 15 is 0 Å². The monoisotopic (exact) mass is 505 g/mol. The largest absolute Gasteiger partial charge is 0.351 e. The number of rotatable bonds is 7. The molecule has 9 heteroatoms. The van der Waals surface area contributed by atoms with Gasteiger partial charge in [0.05, 0.1) is 6.20 Å². The van der Waals surface area contributed by atoms with Crippen molar-refractivity contribution in [3.63, 3.8) is 0 Å². The van der Waals surface area contributed by atoms with E-state index in [-0.39, 0.29) is 23.6 Å². The molecule has 0 radical (unpaired) electrons. The minimum absolute atomic E-state index is 0.0525. The Bertz CT molecular complexity index is 1200. The minimum atomic E-state index is -0.981. The summed E-state index contributed by atoms with van der Waals surface area (Å²) in [6.45, 7) is 1.42. The van der Waals surface area contributed by atoms with Crippen molar-refractivity contribution in [3.8, 4) is 0 Å². The van der Waals surface area contributed by atoms with Crippen LogP contribution in [0.3, 0.4) is 0 Å². The van der Waals surface area contributed by atoms with Gasteiger partial charge in [0.2, 0.25) is 11.8 Å². The highest BCUT2D eigenvalue weighted by molar-refractivity contribution is 6.30. The molecule has 0 saturated heterocycles. The van der Waals surface area contributed by atoms with E-state index in [1.807, 2.05) is 0 Å². The van der Waals surface area contributed by atoms with Gasteiger partial charge < -0.3 is 10.6 Å². The topological polar surface area (TPSA) is 104 Å². The van der Waals surface area contributed by atoms with Crippen LogP contribution in [0.5, 0.6) is 0 Å². The van der Waals surface area contributed by atoms with Crippen LogP contribution in [0, 0.1) is 0 Å². The van der Waals surface area contributed by atoms with Crippen LogP contribution in [-0.2, 0) is 9.59 Å². The van der Waals surface area contributed by atoms with Gasteiger partial charge in [0.1, 0.15) is 11.7 Å². The van der Waals surface area contributed by atoms with Crippen molar-refractivity contribution in [1.82, 2.24) is 15.3 Å². The first-order chi connectivity index (χ1) is 17.4. The Morgan fingerprint density at radius 3 is 2.28 bits per heavy atom. The van der Waals surface area contributed by atoms with Gasteiger partial charge in [-0.1, -0.05) is 43.0 Å². The first-order valence-corrected chi connectivity index (χ1v) is 12.3. The molecule has 186 valence electrons. The smallest absolute Gasteiger partial charge is 0.279 e. The lowest BCUT2D eigenvalue weighted by molar-refractivity contribution is -0.123. The highest BCUT2D eigenvalue weighted by atomic mass is 35.5. The predicted molar refractivity (Wildman–Crippen MR) is 139 cm³/mol. The van der Waals surface area contributed by atoms with Crippen LogP contribution >= 0.6 is 11.6 Å². The standard InChI is InChI=1S/C27H28ClN5O3/c1-18(34)31-22-11-13-23(14-12-22)33(27(36)24-17-29-15-16-30-24)25(19-7-9-20(28)10-8-19)26(35)32-21-5-3-2-4-6-21/h7-17,21,25H,2-6H2,1H3,(H,31,34)(H,32,35). The van der Waals surface area contributed by atoms with E-state index in [9.17, 15) is 14.4 Å². The summed E-state index contributed by atoms with van der Waals surface area (Å²) >= 11 is 6.13. The number of carbonyl (C=O) groups is 3. The number of nitrogens with one attached hydrogen (secondary N) is 2. The molecule has 1 aromatic heterocycles. The summed E-state index contributed by atoms with van der Waals surface area (Å²) in [5, 5.41) is 6.41. The molecule has 4 rings (SSSR count). The SMILES string of the molecule is CC(=O)Nc1ccc(N(C(=O)c2cnccn2)C(C(=O)NC2CCCCC2)c2ccc(Cl)cc2)cc1. The molecule has 1 atom stereocenters. The molecule has 0 aliphatic heterocycles. The molecule has 8 nitrogen and oxygen atoms in total. The molecular formula is C27H28ClN5O3. The van der Waals surface area contributed by atoms with E-state index in [0.29, 0.717) is 22.0 Å². The van der Waals surface area contributed by atoms with Crippen LogP contribution in [0.15, 0.2) is 67.1 Å². The molecular weight excluding hydrogens is 478 g/mol. The number of aromatic nitrogens is 2. The van der Waals surface area contributed by atoms with Crippen molar-refractivity contribution < 1.29 is 14.4 Å². The van der Waals surface area contributed by atoms with Crippen molar-refractivity contribution in [1.29, 1.82) is 0 Å². The van der Waals surface area contributed by atoms with Crippen LogP contribution in [0.1, 0.15) is 61.1 Å². The van der Waals surface area contributed by atoms with Crippen LogP contribution in [0.4, 0.5) is 11.4 Å². The maximum Gasteiger partial charge on any atom is 0.279 e. The molecule has 36 heavy (non-hydrogen) atoms. The zero-order valence-electron chi connectivity index (χ0n) is 20.0. The fourth-order valence-corrected chi connectivity index (χ4v) is 4.54. The zero-order valence-corrected chi connectivity index (χ0v) is 20.7. The Kier molecular flexibility index (Phi) is 8.28. The molecule has 0 spiro atoms. The summed E-state index contributed by atoms with van der Waals surface area (Å²) in [7, 11) is 0. The summed E-state index contributed by atoms with van der Waals surface area (Å²) < 4.78 is 0. The predicted octanol–water partition coefficient (Wildman–Crippen LogP) is 4.93. The average Bonchev–Trinajstić information content (AvgIpc) is 2.89. The summed E-state index contributed by atoms with van der Waals surface area (Å²) in [5.41, 5.74) is 1.76. The van der Waals surface area contributed by atoms with Crippen molar-refractivity contribution in [2.24, 2.45) is 0 Å². The van der Waals surface area contributed by atoms with Crippen molar-refractivity contribution in [2.45, 2.75) is 51.1 Å². The maximum absolute atomic E-state index is 13.8. The highest BCUT2D eigenvalue weighted by Gasteiger charge is 2.35. The molecule has 1 saturated carbocycles. The van der Waals surface area contributed by atoms with Gasteiger partial charge in [-0.05, 0) is 54.8 Å². The Morgan fingerprint density at radius 2 is 1.67 bits per heavy atom. The third-order valence-electron chi connectivity index (χ3n) is 6.11. The molecule has 1 aliphatic carbocycles. The molecule has 3 amide bonds. The Hall–Kier alpha value is -3.78. The molecule has 2 aromatic carbocycles. The first-order valence-electron chi connectivity index (χ1n) is 12.0. The molecule has 3 aromatic rings. The number of anilines is 2. The second-order valence-electron chi connectivity index (χ2n) is 8.79.